The molecule has 1 rings (SSSR count). The maximum Gasteiger partial charge on any atom is 0.413 e. The van der Waals surface area contributed by atoms with Gasteiger partial charge in [0, 0.05) is 6.54 Å². The zero-order valence-corrected chi connectivity index (χ0v) is 9.78. The molecule has 0 atom stereocenters. The Labute approximate surface area is 96.6 Å². The van der Waals surface area contributed by atoms with Crippen LogP contribution < -0.4 is 5.32 Å². The van der Waals surface area contributed by atoms with E-state index in [0.717, 1.165) is 6.54 Å². The second kappa shape index (κ2) is 6.11. The second-order valence-electron chi connectivity index (χ2n) is 2.73. The Kier molecular flexibility index (Phi) is 4.77. The number of hydrogen-bond acceptors (Lipinski definition) is 6. The molecule has 7 nitrogen and oxygen atoms in total. The zero-order chi connectivity index (χ0) is 12.0. The van der Waals surface area contributed by atoms with Gasteiger partial charge in [-0.3, -0.25) is 10.1 Å². The predicted octanol–water partition coefficient (Wildman–Crippen LogP) is 0.273. The number of imide groups is 1. The van der Waals surface area contributed by atoms with Crippen molar-refractivity contribution >= 4 is 23.8 Å². The van der Waals surface area contributed by atoms with Gasteiger partial charge in [0.05, 0.1) is 12.9 Å². The number of alkyl carbamates (subject to hydrolysis) is 1. The Morgan fingerprint density at radius 3 is 3.00 bits per heavy atom. The molecule has 0 fully saturated rings. The number of carbonyl (C=O) groups excluding carboxylic acids is 2. The highest BCUT2D eigenvalue weighted by molar-refractivity contribution is 7.99. The molecule has 88 valence electrons. The third-order valence-electron chi connectivity index (χ3n) is 1.68. The standard InChI is InChI=1S/C8H12N4O3S/c1-3-12-5-9-11-7(12)16-4-6(13)10-8(14)15-2/h5H,3-4H2,1-2H3,(H,10,13,14). The summed E-state index contributed by atoms with van der Waals surface area (Å²) < 4.78 is 6.09. The number of nitrogens with one attached hydrogen (secondary N) is 1. The average Bonchev–Trinajstić information content (AvgIpc) is 2.73. The van der Waals surface area contributed by atoms with Crippen LogP contribution in [0.4, 0.5) is 4.79 Å². The molecule has 1 heterocycles. The lowest BCUT2D eigenvalue weighted by Crippen LogP contribution is -2.31. The summed E-state index contributed by atoms with van der Waals surface area (Å²) in [4.78, 5) is 21.9. The van der Waals surface area contributed by atoms with E-state index in [4.69, 9.17) is 0 Å². The summed E-state index contributed by atoms with van der Waals surface area (Å²) >= 11 is 1.21. The van der Waals surface area contributed by atoms with Crippen LogP contribution >= 0.6 is 11.8 Å². The molecule has 16 heavy (non-hydrogen) atoms. The van der Waals surface area contributed by atoms with Crippen LogP contribution in [0.2, 0.25) is 0 Å². The first kappa shape index (κ1) is 12.5. The van der Waals surface area contributed by atoms with Gasteiger partial charge in [-0.25, -0.2) is 4.79 Å². The maximum absolute atomic E-state index is 11.2. The van der Waals surface area contributed by atoms with E-state index >= 15 is 0 Å². The molecule has 1 N–H and O–H groups in total. The highest BCUT2D eigenvalue weighted by Crippen LogP contribution is 2.13. The van der Waals surface area contributed by atoms with Gasteiger partial charge in [0.25, 0.3) is 0 Å². The van der Waals surface area contributed by atoms with Crippen LogP contribution in [0.25, 0.3) is 0 Å². The molecule has 0 aromatic carbocycles. The van der Waals surface area contributed by atoms with E-state index in [0.29, 0.717) is 5.16 Å². The Hall–Kier alpha value is -1.57. The number of thioether (sulfide) groups is 1. The number of aromatic nitrogens is 3. The summed E-state index contributed by atoms with van der Waals surface area (Å²) in [5.74, 6) is -0.337. The Morgan fingerprint density at radius 1 is 1.62 bits per heavy atom. The molecule has 0 bridgehead atoms. The van der Waals surface area contributed by atoms with Gasteiger partial charge in [-0.05, 0) is 6.92 Å². The van der Waals surface area contributed by atoms with Gasteiger partial charge in [0.2, 0.25) is 5.91 Å². The van der Waals surface area contributed by atoms with Crippen LogP contribution in [0.15, 0.2) is 11.5 Å². The SMILES string of the molecule is CCn1cnnc1SCC(=O)NC(=O)OC. The van der Waals surface area contributed by atoms with Crippen LogP contribution in [0.5, 0.6) is 0 Å². The van der Waals surface area contributed by atoms with Crippen molar-refractivity contribution in [3.8, 4) is 0 Å². The minimum atomic E-state index is -0.762. The first-order chi connectivity index (χ1) is 7.67. The largest absolute Gasteiger partial charge is 0.453 e. The van der Waals surface area contributed by atoms with Crippen LogP contribution in [0.1, 0.15) is 6.92 Å². The molecule has 0 aliphatic rings. The van der Waals surface area contributed by atoms with Gasteiger partial charge >= 0.3 is 6.09 Å². The molecule has 0 aliphatic heterocycles. The molecule has 2 amide bonds. The Balaban J connectivity index is 2.40. The number of methoxy groups -OCH3 is 1. The minimum absolute atomic E-state index is 0.0911. The van der Waals surface area contributed by atoms with Gasteiger partial charge in [-0.15, -0.1) is 10.2 Å². The lowest BCUT2D eigenvalue weighted by atomic mass is 10.7. The van der Waals surface area contributed by atoms with Crippen molar-refractivity contribution in [2.24, 2.45) is 0 Å². The van der Waals surface area contributed by atoms with Gasteiger partial charge in [0.1, 0.15) is 6.33 Å². The van der Waals surface area contributed by atoms with Crippen molar-refractivity contribution in [3.05, 3.63) is 6.33 Å². The van der Waals surface area contributed by atoms with Crippen molar-refractivity contribution < 1.29 is 14.3 Å². The van der Waals surface area contributed by atoms with Gasteiger partial charge in [0.15, 0.2) is 5.16 Å². The van der Waals surface area contributed by atoms with Gasteiger partial charge in [-0.1, -0.05) is 11.8 Å². The van der Waals surface area contributed by atoms with Crippen molar-refractivity contribution in [1.82, 2.24) is 20.1 Å². The molecular formula is C8H12N4O3S. The lowest BCUT2D eigenvalue weighted by molar-refractivity contribution is -0.117. The molecule has 0 unspecified atom stereocenters. The quantitative estimate of drug-likeness (QED) is 0.765. The molecule has 0 aliphatic carbocycles. The Morgan fingerprint density at radius 2 is 2.38 bits per heavy atom. The van der Waals surface area contributed by atoms with Crippen molar-refractivity contribution in [2.75, 3.05) is 12.9 Å². The second-order valence-corrected chi connectivity index (χ2v) is 3.67. The highest BCUT2D eigenvalue weighted by atomic mass is 32.2. The van der Waals surface area contributed by atoms with Crippen LogP contribution in [-0.4, -0.2) is 39.6 Å². The van der Waals surface area contributed by atoms with Crippen molar-refractivity contribution in [3.63, 3.8) is 0 Å². The van der Waals surface area contributed by atoms with Gasteiger partial charge < -0.3 is 9.30 Å². The fourth-order valence-corrected chi connectivity index (χ4v) is 1.68. The third kappa shape index (κ3) is 3.54. The predicted molar refractivity (Wildman–Crippen MR) is 57.0 cm³/mol. The molecule has 8 heteroatoms. The van der Waals surface area contributed by atoms with Crippen molar-refractivity contribution in [2.45, 2.75) is 18.6 Å². The highest BCUT2D eigenvalue weighted by Gasteiger charge is 2.10. The summed E-state index contributed by atoms with van der Waals surface area (Å²) in [6.07, 6.45) is 0.822. The van der Waals surface area contributed by atoms with E-state index in [2.05, 4.69) is 20.3 Å². The molecule has 1 aromatic heterocycles. The fraction of sp³-hybridized carbons (Fsp3) is 0.500. The summed E-state index contributed by atoms with van der Waals surface area (Å²) in [6, 6.07) is 0. The van der Waals surface area contributed by atoms with E-state index in [1.165, 1.54) is 18.9 Å². The number of aryl methyl sites for hydroxylation is 1. The van der Waals surface area contributed by atoms with Crippen molar-refractivity contribution in [1.29, 1.82) is 0 Å². The molecule has 0 spiro atoms. The monoisotopic (exact) mass is 244 g/mol. The molecular weight excluding hydrogens is 232 g/mol. The number of amides is 2. The van der Waals surface area contributed by atoms with E-state index < -0.39 is 12.0 Å². The molecule has 1 aromatic rings. The first-order valence-corrected chi connectivity index (χ1v) is 5.54. The number of nitrogens with zero attached hydrogens (tertiary/aromatic N) is 3. The fourth-order valence-electron chi connectivity index (χ4n) is 0.904. The molecule has 0 saturated carbocycles. The third-order valence-corrected chi connectivity index (χ3v) is 2.66. The first-order valence-electron chi connectivity index (χ1n) is 4.55. The summed E-state index contributed by atoms with van der Waals surface area (Å²) in [5.41, 5.74) is 0. The Bertz CT molecular complexity index is 379. The van der Waals surface area contributed by atoms with Crippen LogP contribution in [0.3, 0.4) is 0 Å². The van der Waals surface area contributed by atoms with Crippen LogP contribution in [-0.2, 0) is 16.1 Å². The van der Waals surface area contributed by atoms with E-state index in [9.17, 15) is 9.59 Å². The number of carbonyl (C=O) groups is 2. The van der Waals surface area contributed by atoms with Gasteiger partial charge in [-0.2, -0.15) is 0 Å². The average molecular weight is 244 g/mol. The van der Waals surface area contributed by atoms with Crippen LogP contribution in [0, 0.1) is 0 Å². The number of hydrogen-bond donors (Lipinski definition) is 1. The normalized spacial score (nSPS) is 9.88. The number of rotatable bonds is 4. The zero-order valence-electron chi connectivity index (χ0n) is 8.97. The lowest BCUT2D eigenvalue weighted by Gasteiger charge is -2.03. The summed E-state index contributed by atoms with van der Waals surface area (Å²) in [5, 5.41) is 10.2. The summed E-state index contributed by atoms with van der Waals surface area (Å²) in [7, 11) is 1.20. The summed E-state index contributed by atoms with van der Waals surface area (Å²) in [6.45, 7) is 2.68. The van der Waals surface area contributed by atoms with E-state index in [1.807, 2.05) is 6.92 Å². The number of ether oxygens (including phenoxy) is 1. The van der Waals surface area contributed by atoms with E-state index in [1.54, 1.807) is 10.9 Å². The molecule has 0 radical (unpaired) electrons. The molecule has 0 saturated heterocycles. The smallest absolute Gasteiger partial charge is 0.413 e. The van der Waals surface area contributed by atoms with E-state index in [-0.39, 0.29) is 5.75 Å². The maximum atomic E-state index is 11.2. The topological polar surface area (TPSA) is 86.1 Å². The minimum Gasteiger partial charge on any atom is -0.453 e.